The van der Waals surface area contributed by atoms with E-state index in [-0.39, 0.29) is 11.9 Å². The molecule has 3 nitrogen and oxygen atoms in total. The van der Waals surface area contributed by atoms with Crippen molar-refractivity contribution in [1.29, 1.82) is 0 Å². The zero-order chi connectivity index (χ0) is 10.4. The van der Waals surface area contributed by atoms with Crippen molar-refractivity contribution >= 4 is 21.7 Å². The molecule has 0 saturated carbocycles. The molecule has 3 atom stereocenters. The highest BCUT2D eigenvalue weighted by atomic mass is 79.9. The molecule has 0 spiro atoms. The average molecular weight is 261 g/mol. The number of methoxy groups -OCH3 is 1. The fourth-order valence-electron chi connectivity index (χ4n) is 2.07. The summed E-state index contributed by atoms with van der Waals surface area (Å²) in [4.78, 5) is 12.0. The number of fused-ring (bicyclic) bond motifs is 2. The Morgan fingerprint density at radius 1 is 1.79 bits per heavy atom. The lowest BCUT2D eigenvalue weighted by molar-refractivity contribution is -0.181. The number of rotatable bonds is 2. The van der Waals surface area contributed by atoms with Crippen LogP contribution in [0.3, 0.4) is 0 Å². The van der Waals surface area contributed by atoms with Gasteiger partial charge in [-0.25, -0.2) is 0 Å². The first-order valence-electron chi connectivity index (χ1n) is 4.58. The summed E-state index contributed by atoms with van der Waals surface area (Å²) in [5.74, 6) is 0.112. The van der Waals surface area contributed by atoms with Crippen LogP contribution in [-0.2, 0) is 14.3 Å². The minimum atomic E-state index is -0.827. The van der Waals surface area contributed by atoms with E-state index in [4.69, 9.17) is 9.47 Å². The molecule has 0 N–H and O–H groups in total. The number of carbonyl (C=O) groups is 1. The molecule has 0 aromatic rings. The van der Waals surface area contributed by atoms with Crippen molar-refractivity contribution in [3.05, 3.63) is 12.2 Å². The maximum atomic E-state index is 12.0. The fraction of sp³-hybridized carbons (Fsp3) is 0.700. The molecule has 0 aliphatic carbocycles. The van der Waals surface area contributed by atoms with E-state index in [1.54, 1.807) is 7.11 Å². The second-order valence-electron chi connectivity index (χ2n) is 4.04. The van der Waals surface area contributed by atoms with Crippen molar-refractivity contribution in [2.24, 2.45) is 0 Å². The highest BCUT2D eigenvalue weighted by Gasteiger charge is 2.55. The Hall–Kier alpha value is -0.190. The fourth-order valence-corrected chi connectivity index (χ4v) is 2.93. The van der Waals surface area contributed by atoms with E-state index in [1.807, 2.05) is 19.1 Å². The van der Waals surface area contributed by atoms with Crippen LogP contribution < -0.4 is 0 Å². The monoisotopic (exact) mass is 260 g/mol. The van der Waals surface area contributed by atoms with Crippen molar-refractivity contribution < 1.29 is 14.3 Å². The predicted octanol–water partition coefficient (Wildman–Crippen LogP) is 1.45. The van der Waals surface area contributed by atoms with Crippen LogP contribution in [0.4, 0.5) is 0 Å². The van der Waals surface area contributed by atoms with Gasteiger partial charge in [0.2, 0.25) is 0 Å². The predicted molar refractivity (Wildman–Crippen MR) is 55.6 cm³/mol. The molecular weight excluding hydrogens is 248 g/mol. The number of ketones is 1. The van der Waals surface area contributed by atoms with Crippen molar-refractivity contribution in [2.75, 3.05) is 12.4 Å². The van der Waals surface area contributed by atoms with Gasteiger partial charge in [0, 0.05) is 18.9 Å². The normalized spacial score (nSPS) is 45.9. The summed E-state index contributed by atoms with van der Waals surface area (Å²) in [6.07, 6.45) is 4.02. The smallest absolute Gasteiger partial charge is 0.171 e. The van der Waals surface area contributed by atoms with Gasteiger partial charge in [0.05, 0.1) is 5.60 Å². The molecule has 0 aromatic heterocycles. The minimum absolute atomic E-state index is 0.112. The average Bonchev–Trinajstić information content (AvgIpc) is 2.47. The van der Waals surface area contributed by atoms with Crippen LogP contribution in [0.2, 0.25) is 0 Å². The molecule has 2 heterocycles. The largest absolute Gasteiger partial charge is 0.366 e. The summed E-state index contributed by atoms with van der Waals surface area (Å²) >= 11 is 3.33. The van der Waals surface area contributed by atoms with Crippen LogP contribution in [0.5, 0.6) is 0 Å². The Balaban J connectivity index is 2.37. The minimum Gasteiger partial charge on any atom is -0.366 e. The van der Waals surface area contributed by atoms with E-state index < -0.39 is 11.2 Å². The van der Waals surface area contributed by atoms with E-state index in [2.05, 4.69) is 15.9 Å². The number of hydrogen-bond acceptors (Lipinski definition) is 3. The number of Topliss-reactive ketones (excluding diaryl/α,β-unsaturated/α-hetero) is 1. The molecule has 2 aliphatic rings. The van der Waals surface area contributed by atoms with E-state index in [0.29, 0.717) is 11.8 Å². The van der Waals surface area contributed by atoms with Gasteiger partial charge in [0.1, 0.15) is 6.10 Å². The molecule has 14 heavy (non-hydrogen) atoms. The van der Waals surface area contributed by atoms with Gasteiger partial charge in [-0.1, -0.05) is 28.1 Å². The lowest BCUT2D eigenvalue weighted by Gasteiger charge is -2.41. The molecule has 2 bridgehead atoms. The highest BCUT2D eigenvalue weighted by molar-refractivity contribution is 9.09. The molecule has 0 aromatic carbocycles. The zero-order valence-corrected chi connectivity index (χ0v) is 9.83. The second-order valence-corrected chi connectivity index (χ2v) is 4.60. The molecular formula is C10H13BrO3. The Kier molecular flexibility index (Phi) is 2.33. The third kappa shape index (κ3) is 1.21. The van der Waals surface area contributed by atoms with Gasteiger partial charge in [-0.05, 0) is 6.92 Å². The van der Waals surface area contributed by atoms with Gasteiger partial charge >= 0.3 is 0 Å². The highest BCUT2D eigenvalue weighted by Crippen LogP contribution is 2.41. The van der Waals surface area contributed by atoms with Crippen LogP contribution >= 0.6 is 15.9 Å². The summed E-state index contributed by atoms with van der Waals surface area (Å²) in [6.45, 7) is 1.93. The van der Waals surface area contributed by atoms with E-state index in [0.717, 1.165) is 0 Å². The van der Waals surface area contributed by atoms with E-state index >= 15 is 0 Å². The first-order valence-corrected chi connectivity index (χ1v) is 5.70. The Morgan fingerprint density at radius 3 is 3.07 bits per heavy atom. The quantitative estimate of drug-likeness (QED) is 0.557. The van der Waals surface area contributed by atoms with Crippen LogP contribution in [0.1, 0.15) is 13.3 Å². The Morgan fingerprint density at radius 2 is 2.50 bits per heavy atom. The first kappa shape index (κ1) is 10.3. The maximum Gasteiger partial charge on any atom is 0.171 e. The second kappa shape index (κ2) is 3.15. The van der Waals surface area contributed by atoms with Crippen LogP contribution in [0.25, 0.3) is 0 Å². The van der Waals surface area contributed by atoms with E-state index in [9.17, 15) is 4.79 Å². The topological polar surface area (TPSA) is 35.5 Å². The molecule has 4 heteroatoms. The molecule has 2 aliphatic heterocycles. The van der Waals surface area contributed by atoms with Gasteiger partial charge in [0.25, 0.3) is 0 Å². The molecule has 78 valence electrons. The summed E-state index contributed by atoms with van der Waals surface area (Å²) in [6, 6.07) is 0. The standard InChI is InChI=1S/C10H13BrO3/c1-9-4-3-8(14-9)10(6-11,13-2)7(12)5-9/h3-4,8H,5-6H2,1-2H3/t8-,9+,10+/m0/s1. The number of ether oxygens (including phenoxy) is 2. The zero-order valence-electron chi connectivity index (χ0n) is 8.25. The van der Waals surface area contributed by atoms with Crippen molar-refractivity contribution in [3.8, 4) is 0 Å². The number of alkyl halides is 1. The summed E-state index contributed by atoms with van der Waals surface area (Å²) < 4.78 is 11.1. The van der Waals surface area contributed by atoms with Crippen molar-refractivity contribution in [2.45, 2.75) is 30.7 Å². The summed E-state index contributed by atoms with van der Waals surface area (Å²) in [5, 5.41) is 0.473. The number of hydrogen-bond donors (Lipinski definition) is 0. The number of halogens is 1. The van der Waals surface area contributed by atoms with Gasteiger partial charge in [-0.15, -0.1) is 0 Å². The third-order valence-electron chi connectivity index (χ3n) is 3.03. The Bertz CT molecular complexity index is 296. The van der Waals surface area contributed by atoms with Gasteiger partial charge in [0.15, 0.2) is 11.4 Å². The number of carbonyl (C=O) groups excluding carboxylic acids is 1. The van der Waals surface area contributed by atoms with E-state index in [1.165, 1.54) is 0 Å². The van der Waals surface area contributed by atoms with Crippen molar-refractivity contribution in [1.82, 2.24) is 0 Å². The SMILES string of the molecule is CO[C@]1(CBr)C(=O)C[C@@]2(C)C=C[C@@H]1O2. The van der Waals surface area contributed by atoms with Gasteiger partial charge in [-0.2, -0.15) is 0 Å². The van der Waals surface area contributed by atoms with Crippen LogP contribution in [-0.4, -0.2) is 35.5 Å². The maximum absolute atomic E-state index is 12.0. The molecule has 0 radical (unpaired) electrons. The molecule has 1 saturated heterocycles. The molecule has 1 fully saturated rings. The van der Waals surface area contributed by atoms with Crippen LogP contribution in [0.15, 0.2) is 12.2 Å². The lowest BCUT2D eigenvalue weighted by Crippen LogP contribution is -2.58. The lowest BCUT2D eigenvalue weighted by atomic mass is 9.86. The molecule has 2 rings (SSSR count). The Labute approximate surface area is 91.6 Å². The summed E-state index contributed by atoms with van der Waals surface area (Å²) in [5.41, 5.74) is -1.24. The van der Waals surface area contributed by atoms with Gasteiger partial charge in [-0.3, -0.25) is 4.79 Å². The van der Waals surface area contributed by atoms with Crippen LogP contribution in [0, 0.1) is 0 Å². The molecule has 0 amide bonds. The molecule has 0 unspecified atom stereocenters. The summed E-state index contributed by atoms with van der Waals surface area (Å²) in [7, 11) is 1.55. The first-order chi connectivity index (χ1) is 6.56. The van der Waals surface area contributed by atoms with Gasteiger partial charge < -0.3 is 9.47 Å². The third-order valence-corrected chi connectivity index (χ3v) is 3.86. The van der Waals surface area contributed by atoms with Crippen molar-refractivity contribution in [3.63, 3.8) is 0 Å².